The first-order chi connectivity index (χ1) is 11.3. The van der Waals surface area contributed by atoms with Crippen LogP contribution in [0.25, 0.3) is 0 Å². The summed E-state index contributed by atoms with van der Waals surface area (Å²) in [6.45, 7) is 18.8. The van der Waals surface area contributed by atoms with E-state index in [1.165, 1.54) is 17.7 Å². The lowest BCUT2D eigenvalue weighted by molar-refractivity contribution is -0.519. The van der Waals surface area contributed by atoms with E-state index in [0.717, 1.165) is 19.5 Å². The fourth-order valence-electron chi connectivity index (χ4n) is 3.67. The van der Waals surface area contributed by atoms with Gasteiger partial charge < -0.3 is 0 Å². The summed E-state index contributed by atoms with van der Waals surface area (Å²) in [7, 11) is -1.36. The van der Waals surface area contributed by atoms with Gasteiger partial charge in [0.05, 0.1) is 8.07 Å². The van der Waals surface area contributed by atoms with Crippen LogP contribution in [0.3, 0.4) is 0 Å². The van der Waals surface area contributed by atoms with E-state index in [1.54, 1.807) is 21.9 Å². The maximum atomic E-state index is 2.55. The van der Waals surface area contributed by atoms with Crippen molar-refractivity contribution < 1.29 is 4.58 Å². The van der Waals surface area contributed by atoms with E-state index in [9.17, 15) is 0 Å². The molecule has 130 valence electrons. The van der Waals surface area contributed by atoms with Crippen LogP contribution in [-0.2, 0) is 0 Å². The average molecular weight is 341 g/mol. The third-order valence-corrected chi connectivity index (χ3v) is 7.58. The SMILES string of the molecule is CC[N+](CC)=C(C1=C([Si](C)(C)C)CC(C)=C(C)C1)c1ccccc1. The molecule has 0 bridgehead atoms. The van der Waals surface area contributed by atoms with Crippen molar-refractivity contribution in [2.24, 2.45) is 0 Å². The summed E-state index contributed by atoms with van der Waals surface area (Å²) in [5.41, 5.74) is 7.62. The van der Waals surface area contributed by atoms with Crippen molar-refractivity contribution >= 4 is 13.8 Å². The van der Waals surface area contributed by atoms with Crippen molar-refractivity contribution in [3.05, 3.63) is 57.8 Å². The third-order valence-electron chi connectivity index (χ3n) is 5.29. The number of rotatable bonds is 5. The Morgan fingerprint density at radius 1 is 0.917 bits per heavy atom. The van der Waals surface area contributed by atoms with Crippen LogP contribution in [-0.4, -0.2) is 31.5 Å². The molecule has 2 rings (SSSR count). The maximum absolute atomic E-state index is 2.55. The molecule has 0 unspecified atom stereocenters. The van der Waals surface area contributed by atoms with E-state index in [0.29, 0.717) is 0 Å². The lowest BCUT2D eigenvalue weighted by Crippen LogP contribution is -2.33. The molecule has 0 radical (unpaired) electrons. The smallest absolute Gasteiger partial charge is 0.210 e. The lowest BCUT2D eigenvalue weighted by atomic mass is 9.88. The molecule has 0 spiro atoms. The quantitative estimate of drug-likeness (QED) is 0.274. The van der Waals surface area contributed by atoms with Gasteiger partial charge >= 0.3 is 0 Å². The zero-order valence-corrected chi connectivity index (χ0v) is 17.7. The van der Waals surface area contributed by atoms with Crippen LogP contribution < -0.4 is 0 Å². The highest BCUT2D eigenvalue weighted by molar-refractivity contribution is 6.83. The van der Waals surface area contributed by atoms with Gasteiger partial charge in [-0.05, 0) is 52.7 Å². The van der Waals surface area contributed by atoms with Gasteiger partial charge in [0.1, 0.15) is 13.1 Å². The fourth-order valence-corrected chi connectivity index (χ4v) is 5.58. The molecule has 2 heteroatoms. The van der Waals surface area contributed by atoms with Gasteiger partial charge in [0.15, 0.2) is 0 Å². The Bertz CT molecular complexity index is 678. The molecule has 0 fully saturated rings. The highest BCUT2D eigenvalue weighted by Gasteiger charge is 2.32. The molecule has 1 aliphatic rings. The summed E-state index contributed by atoms with van der Waals surface area (Å²) >= 11 is 0. The monoisotopic (exact) mass is 340 g/mol. The predicted octanol–water partition coefficient (Wildman–Crippen LogP) is 5.83. The zero-order chi connectivity index (χ0) is 17.9. The van der Waals surface area contributed by atoms with Crippen molar-refractivity contribution in [2.45, 2.75) is 60.2 Å². The second-order valence-electron chi connectivity index (χ2n) is 8.01. The van der Waals surface area contributed by atoms with Gasteiger partial charge in [-0.25, -0.2) is 4.58 Å². The van der Waals surface area contributed by atoms with Crippen LogP contribution in [0.2, 0.25) is 19.6 Å². The predicted molar refractivity (Wildman–Crippen MR) is 110 cm³/mol. The molecule has 0 N–H and O–H groups in total. The van der Waals surface area contributed by atoms with Crippen LogP contribution in [0.15, 0.2) is 52.2 Å². The normalized spacial score (nSPS) is 15.8. The van der Waals surface area contributed by atoms with E-state index >= 15 is 0 Å². The molecule has 0 aromatic heterocycles. The molecule has 0 amide bonds. The van der Waals surface area contributed by atoms with Gasteiger partial charge in [0, 0.05) is 11.1 Å². The molecular weight excluding hydrogens is 306 g/mol. The summed E-state index contributed by atoms with van der Waals surface area (Å²) in [6, 6.07) is 11.0. The molecule has 1 aliphatic carbocycles. The first-order valence-electron chi connectivity index (χ1n) is 9.35. The van der Waals surface area contributed by atoms with Gasteiger partial charge in [-0.3, -0.25) is 0 Å². The molecular formula is C22H34NSi+. The minimum Gasteiger partial charge on any atom is -0.230 e. The van der Waals surface area contributed by atoms with Crippen LogP contribution in [0, 0.1) is 0 Å². The standard InChI is InChI=1S/C22H34NSi/c1-8-23(9-2)22(19-13-11-10-12-14-19)20-15-17(3)18(4)16-21(20)24(5,6)7/h10-14H,8-9,15-16H2,1-7H3/q+1. The van der Waals surface area contributed by atoms with Gasteiger partial charge in [-0.2, -0.15) is 0 Å². The second-order valence-corrected chi connectivity index (χ2v) is 13.1. The first kappa shape index (κ1) is 18.9. The molecule has 0 saturated heterocycles. The molecule has 1 nitrogen and oxygen atoms in total. The van der Waals surface area contributed by atoms with Crippen LogP contribution >= 0.6 is 0 Å². The van der Waals surface area contributed by atoms with E-state index in [-0.39, 0.29) is 0 Å². The maximum Gasteiger partial charge on any atom is 0.210 e. The summed E-state index contributed by atoms with van der Waals surface area (Å²) in [5.74, 6) is 0. The van der Waals surface area contributed by atoms with Crippen LogP contribution in [0.5, 0.6) is 0 Å². The number of hydrogen-bond acceptors (Lipinski definition) is 0. The Balaban J connectivity index is 2.74. The minimum atomic E-state index is -1.36. The molecule has 1 aromatic carbocycles. The number of allylic oxidation sites excluding steroid dienone is 4. The van der Waals surface area contributed by atoms with Gasteiger partial charge in [-0.1, -0.05) is 54.2 Å². The molecule has 0 aliphatic heterocycles. The van der Waals surface area contributed by atoms with Crippen molar-refractivity contribution in [1.29, 1.82) is 0 Å². The molecule has 0 saturated carbocycles. The Labute approximate surface area is 149 Å². The molecule has 0 atom stereocenters. The van der Waals surface area contributed by atoms with Crippen molar-refractivity contribution in [1.82, 2.24) is 0 Å². The molecule has 0 heterocycles. The Morgan fingerprint density at radius 2 is 1.46 bits per heavy atom. The van der Waals surface area contributed by atoms with E-state index in [4.69, 9.17) is 0 Å². The van der Waals surface area contributed by atoms with Crippen molar-refractivity contribution in [3.8, 4) is 0 Å². The van der Waals surface area contributed by atoms with Gasteiger partial charge in [-0.15, -0.1) is 0 Å². The highest BCUT2D eigenvalue weighted by atomic mass is 28.3. The van der Waals surface area contributed by atoms with Crippen LogP contribution in [0.4, 0.5) is 0 Å². The Hall–Kier alpha value is -1.41. The van der Waals surface area contributed by atoms with Crippen molar-refractivity contribution in [2.75, 3.05) is 13.1 Å². The van der Waals surface area contributed by atoms with E-state index in [1.807, 2.05) is 0 Å². The number of benzene rings is 1. The Morgan fingerprint density at radius 3 is 1.96 bits per heavy atom. The van der Waals surface area contributed by atoms with Gasteiger partial charge in [0.2, 0.25) is 5.71 Å². The summed E-state index contributed by atoms with van der Waals surface area (Å²) in [5, 5.41) is 1.75. The highest BCUT2D eigenvalue weighted by Crippen LogP contribution is 2.36. The number of nitrogens with zero attached hydrogens (tertiary/aromatic N) is 1. The fraction of sp³-hybridized carbons (Fsp3) is 0.500. The number of hydrogen-bond donors (Lipinski definition) is 0. The van der Waals surface area contributed by atoms with E-state index in [2.05, 4.69) is 82.2 Å². The minimum absolute atomic E-state index is 1.06. The Kier molecular flexibility index (Phi) is 6.03. The molecule has 24 heavy (non-hydrogen) atoms. The first-order valence-corrected chi connectivity index (χ1v) is 12.8. The van der Waals surface area contributed by atoms with E-state index < -0.39 is 8.07 Å². The summed E-state index contributed by atoms with van der Waals surface area (Å²) in [4.78, 5) is 0. The second kappa shape index (κ2) is 7.65. The zero-order valence-electron chi connectivity index (χ0n) is 16.7. The third kappa shape index (κ3) is 3.97. The van der Waals surface area contributed by atoms with Crippen molar-refractivity contribution in [3.63, 3.8) is 0 Å². The topological polar surface area (TPSA) is 3.01 Å². The summed E-state index contributed by atoms with van der Waals surface area (Å²) in [6.07, 6.45) is 2.29. The lowest BCUT2D eigenvalue weighted by Gasteiger charge is -2.30. The molecule has 1 aromatic rings. The largest absolute Gasteiger partial charge is 0.230 e. The summed E-state index contributed by atoms with van der Waals surface area (Å²) < 4.78 is 2.55. The average Bonchev–Trinajstić information content (AvgIpc) is 2.54. The van der Waals surface area contributed by atoms with Crippen LogP contribution in [0.1, 0.15) is 46.1 Å². The van der Waals surface area contributed by atoms with Gasteiger partial charge in [0.25, 0.3) is 0 Å².